The molecule has 0 aliphatic heterocycles. The summed E-state index contributed by atoms with van der Waals surface area (Å²) in [4.78, 5) is 8.31. The van der Waals surface area contributed by atoms with Crippen LogP contribution >= 0.6 is 7.82 Å². The van der Waals surface area contributed by atoms with Crippen molar-refractivity contribution in [1.29, 1.82) is 0 Å². The Balaban J connectivity index is 3.73. The van der Waals surface area contributed by atoms with Gasteiger partial charge in [0.25, 0.3) is 0 Å². The quantitative estimate of drug-likeness (QED) is 0.343. The van der Waals surface area contributed by atoms with Gasteiger partial charge in [-0.25, -0.2) is 9.82 Å². The van der Waals surface area contributed by atoms with Crippen LogP contribution in [0.1, 0.15) is 0 Å². The maximum absolute atomic E-state index is 10.2. The highest BCUT2D eigenvalue weighted by atomic mass is 31.2. The first kappa shape index (κ1) is 9.03. The van der Waals surface area contributed by atoms with Gasteiger partial charge in [0.1, 0.15) is 0 Å². The smallest absolute Gasteiger partial charge is 0.300 e. The Bertz CT molecular complexity index is 124. The second kappa shape index (κ2) is 3.26. The number of nitrogens with zero attached hydrogens (tertiary/aromatic N) is 1. The lowest BCUT2D eigenvalue weighted by Crippen LogP contribution is -2.10. The van der Waals surface area contributed by atoms with E-state index in [0.717, 1.165) is 5.06 Å². The van der Waals surface area contributed by atoms with E-state index in [1.54, 1.807) is 0 Å². The molecule has 0 aliphatic rings. The molecule has 0 radical (unpaired) electrons. The Morgan fingerprint density at radius 3 is 2.11 bits per heavy atom. The molecule has 0 aromatic heterocycles. The van der Waals surface area contributed by atoms with Gasteiger partial charge in [0.2, 0.25) is 0 Å². The Labute approximate surface area is 52.1 Å². The molecule has 0 aromatic carbocycles. The summed E-state index contributed by atoms with van der Waals surface area (Å²) in [5.74, 6) is 0. The average Bonchev–Trinajstić information content (AvgIpc) is 1.63. The third-order valence-corrected chi connectivity index (χ3v) is 1.11. The van der Waals surface area contributed by atoms with E-state index < -0.39 is 7.82 Å². The molecule has 0 aliphatic carbocycles. The molecule has 0 heterocycles. The molecule has 1 atom stereocenters. The second-order valence-corrected chi connectivity index (χ2v) is 2.71. The van der Waals surface area contributed by atoms with Gasteiger partial charge in [0.15, 0.2) is 0 Å². The molecule has 0 amide bonds. The largest absolute Gasteiger partial charge is 0.516 e. The number of hydroxylamine groups is 2. The van der Waals surface area contributed by atoms with Crippen LogP contribution < -0.4 is 0 Å². The highest BCUT2D eigenvalue weighted by Crippen LogP contribution is 2.41. The average molecular weight is 157 g/mol. The van der Waals surface area contributed by atoms with E-state index in [1.807, 2.05) is 0 Å². The SMILES string of the molecule is CN(C)OP(=O)(O)OO. The molecule has 9 heavy (non-hydrogen) atoms. The van der Waals surface area contributed by atoms with Crippen molar-refractivity contribution in [3.05, 3.63) is 0 Å². The summed E-state index contributed by atoms with van der Waals surface area (Å²) in [6, 6.07) is 0. The Morgan fingerprint density at radius 1 is 1.56 bits per heavy atom. The Kier molecular flexibility index (Phi) is 3.27. The summed E-state index contributed by atoms with van der Waals surface area (Å²) in [5, 5.41) is 8.62. The van der Waals surface area contributed by atoms with E-state index in [4.69, 9.17) is 10.2 Å². The van der Waals surface area contributed by atoms with Crippen molar-refractivity contribution in [2.45, 2.75) is 0 Å². The number of hydrogen-bond donors (Lipinski definition) is 2. The van der Waals surface area contributed by atoms with Crippen molar-refractivity contribution in [2.75, 3.05) is 14.1 Å². The molecule has 2 N–H and O–H groups in total. The number of phosphoric acid groups is 1. The maximum Gasteiger partial charge on any atom is 0.516 e. The standard InChI is InChI=1S/C2H8NO5P/c1-3(2)7-9(5,6)8-4/h4H,1-2H3,(H,5,6). The minimum Gasteiger partial charge on any atom is -0.300 e. The molecule has 7 heteroatoms. The highest BCUT2D eigenvalue weighted by molar-refractivity contribution is 7.47. The number of rotatable bonds is 3. The lowest BCUT2D eigenvalue weighted by Gasteiger charge is -2.11. The van der Waals surface area contributed by atoms with Gasteiger partial charge in [-0.1, -0.05) is 0 Å². The first-order valence-electron chi connectivity index (χ1n) is 2.01. The fraction of sp³-hybridized carbons (Fsp3) is 1.00. The van der Waals surface area contributed by atoms with Crippen LogP contribution in [0.25, 0.3) is 0 Å². The van der Waals surface area contributed by atoms with Gasteiger partial charge in [-0.05, 0) is 0 Å². The summed E-state index contributed by atoms with van der Waals surface area (Å²) in [7, 11) is -1.49. The van der Waals surface area contributed by atoms with Gasteiger partial charge in [-0.15, -0.1) is 4.67 Å². The van der Waals surface area contributed by atoms with Gasteiger partial charge in [0.05, 0.1) is 0 Å². The zero-order valence-corrected chi connectivity index (χ0v) is 5.91. The van der Waals surface area contributed by atoms with Crippen LogP contribution in [-0.4, -0.2) is 29.3 Å². The van der Waals surface area contributed by atoms with E-state index in [1.165, 1.54) is 14.1 Å². The summed E-state index contributed by atoms with van der Waals surface area (Å²) in [5.41, 5.74) is 0. The maximum atomic E-state index is 10.2. The van der Waals surface area contributed by atoms with E-state index >= 15 is 0 Å². The van der Waals surface area contributed by atoms with Crippen LogP contribution in [0, 0.1) is 0 Å². The molecule has 0 saturated heterocycles. The van der Waals surface area contributed by atoms with Crippen LogP contribution in [-0.2, 0) is 13.9 Å². The molecule has 1 unspecified atom stereocenters. The van der Waals surface area contributed by atoms with Crippen molar-refractivity contribution in [1.82, 2.24) is 5.06 Å². The summed E-state index contributed by atoms with van der Waals surface area (Å²) < 4.78 is 17.4. The molecular formula is C2H8NO5P. The van der Waals surface area contributed by atoms with Crippen LogP contribution in [0.4, 0.5) is 0 Å². The normalized spacial score (nSPS) is 17.9. The summed E-state index contributed by atoms with van der Waals surface area (Å²) in [6.45, 7) is 0. The fourth-order valence-electron chi connectivity index (χ4n) is 0.221. The lowest BCUT2D eigenvalue weighted by atomic mass is 11.2. The first-order chi connectivity index (χ1) is 3.98. The third-order valence-electron chi connectivity index (χ3n) is 0.370. The van der Waals surface area contributed by atoms with Crippen LogP contribution in [0.15, 0.2) is 0 Å². The van der Waals surface area contributed by atoms with Gasteiger partial charge in [0, 0.05) is 14.1 Å². The Hall–Kier alpha value is 0.0300. The van der Waals surface area contributed by atoms with Crippen molar-refractivity contribution >= 4 is 7.82 Å². The van der Waals surface area contributed by atoms with Crippen LogP contribution in [0.2, 0.25) is 0 Å². The lowest BCUT2D eigenvalue weighted by molar-refractivity contribution is -0.183. The minimum absolute atomic E-state index is 0.941. The molecule has 0 spiro atoms. The molecule has 0 aromatic rings. The fourth-order valence-corrected chi connectivity index (χ4v) is 0.664. The highest BCUT2D eigenvalue weighted by Gasteiger charge is 2.22. The molecular weight excluding hydrogens is 149 g/mol. The van der Waals surface area contributed by atoms with E-state index in [9.17, 15) is 4.57 Å². The first-order valence-corrected chi connectivity index (χ1v) is 3.50. The molecule has 0 saturated carbocycles. The van der Waals surface area contributed by atoms with Crippen LogP contribution in [0.5, 0.6) is 0 Å². The van der Waals surface area contributed by atoms with Gasteiger partial charge >= 0.3 is 7.82 Å². The van der Waals surface area contributed by atoms with Gasteiger partial charge in [-0.2, -0.15) is 9.69 Å². The van der Waals surface area contributed by atoms with E-state index in [0.29, 0.717) is 0 Å². The minimum atomic E-state index is -4.25. The van der Waals surface area contributed by atoms with E-state index in [2.05, 4.69) is 9.30 Å². The zero-order valence-electron chi connectivity index (χ0n) is 5.01. The third kappa shape index (κ3) is 4.53. The summed E-state index contributed by atoms with van der Waals surface area (Å²) in [6.07, 6.45) is 0. The molecule has 0 rings (SSSR count). The monoisotopic (exact) mass is 157 g/mol. The van der Waals surface area contributed by atoms with E-state index in [-0.39, 0.29) is 0 Å². The molecule has 56 valence electrons. The van der Waals surface area contributed by atoms with Crippen molar-refractivity contribution in [3.8, 4) is 0 Å². The van der Waals surface area contributed by atoms with Crippen molar-refractivity contribution in [3.63, 3.8) is 0 Å². The zero-order chi connectivity index (χ0) is 7.49. The second-order valence-electron chi connectivity index (χ2n) is 1.44. The van der Waals surface area contributed by atoms with Crippen molar-refractivity contribution in [2.24, 2.45) is 0 Å². The number of hydrogen-bond acceptors (Lipinski definition) is 5. The molecule has 0 fully saturated rings. The summed E-state index contributed by atoms with van der Waals surface area (Å²) >= 11 is 0. The Morgan fingerprint density at radius 2 is 2.00 bits per heavy atom. The van der Waals surface area contributed by atoms with Crippen LogP contribution in [0.3, 0.4) is 0 Å². The topological polar surface area (TPSA) is 79.2 Å². The van der Waals surface area contributed by atoms with Gasteiger partial charge in [-0.3, -0.25) is 4.89 Å². The van der Waals surface area contributed by atoms with Gasteiger partial charge < -0.3 is 0 Å². The predicted octanol–water partition coefficient (Wildman–Crippen LogP) is 0.0696. The predicted molar refractivity (Wildman–Crippen MR) is 28.3 cm³/mol. The molecule has 0 bridgehead atoms. The van der Waals surface area contributed by atoms with Crippen molar-refractivity contribution < 1.29 is 24.0 Å². The molecule has 6 nitrogen and oxygen atoms in total.